The molecule has 0 aliphatic carbocycles. The predicted molar refractivity (Wildman–Crippen MR) is 83.2 cm³/mol. The lowest BCUT2D eigenvalue weighted by molar-refractivity contribution is -0.386. The SMILES string of the molecule is C[C@H](Oc1ccc(Cl)cc1[N+](=O)[O-])C(=O)Nc1ccccc1F. The Balaban J connectivity index is 2.13. The van der Waals surface area contributed by atoms with E-state index in [1.807, 2.05) is 0 Å². The Morgan fingerprint density at radius 2 is 2.04 bits per heavy atom. The van der Waals surface area contributed by atoms with E-state index in [1.165, 1.54) is 37.3 Å². The largest absolute Gasteiger partial charge is 0.474 e. The minimum Gasteiger partial charge on any atom is -0.474 e. The highest BCUT2D eigenvalue weighted by molar-refractivity contribution is 6.30. The van der Waals surface area contributed by atoms with E-state index in [0.717, 1.165) is 6.07 Å². The molecular formula is C15H12ClFN2O4. The van der Waals surface area contributed by atoms with Gasteiger partial charge >= 0.3 is 5.69 Å². The van der Waals surface area contributed by atoms with Crippen LogP contribution < -0.4 is 10.1 Å². The molecule has 2 aromatic rings. The van der Waals surface area contributed by atoms with Gasteiger partial charge in [-0.05, 0) is 31.2 Å². The van der Waals surface area contributed by atoms with Gasteiger partial charge in [0.2, 0.25) is 0 Å². The molecule has 8 heteroatoms. The maximum Gasteiger partial charge on any atom is 0.312 e. The average molecular weight is 339 g/mol. The van der Waals surface area contributed by atoms with Crippen LogP contribution in [0.4, 0.5) is 15.8 Å². The van der Waals surface area contributed by atoms with Crippen LogP contribution in [0.5, 0.6) is 5.75 Å². The van der Waals surface area contributed by atoms with Crippen molar-refractivity contribution in [2.24, 2.45) is 0 Å². The number of carbonyl (C=O) groups is 1. The first-order valence-electron chi connectivity index (χ1n) is 6.54. The van der Waals surface area contributed by atoms with E-state index in [1.54, 1.807) is 6.07 Å². The number of benzene rings is 2. The van der Waals surface area contributed by atoms with E-state index in [4.69, 9.17) is 16.3 Å². The number of nitro benzene ring substituents is 1. The first-order valence-corrected chi connectivity index (χ1v) is 6.92. The Bertz CT molecular complexity index is 754. The van der Waals surface area contributed by atoms with E-state index in [9.17, 15) is 19.3 Å². The third-order valence-corrected chi connectivity index (χ3v) is 3.16. The first-order chi connectivity index (χ1) is 10.9. The Kier molecular flexibility index (Phi) is 5.13. The van der Waals surface area contributed by atoms with Crippen molar-refractivity contribution in [2.75, 3.05) is 5.32 Å². The molecule has 1 amide bonds. The predicted octanol–water partition coefficient (Wildman–Crippen LogP) is 3.79. The van der Waals surface area contributed by atoms with Gasteiger partial charge in [-0.1, -0.05) is 23.7 Å². The Hall–Kier alpha value is -2.67. The first kappa shape index (κ1) is 16.7. The molecule has 0 radical (unpaired) electrons. The van der Waals surface area contributed by atoms with E-state index in [2.05, 4.69) is 5.32 Å². The highest BCUT2D eigenvalue weighted by Gasteiger charge is 2.22. The van der Waals surface area contributed by atoms with Crippen LogP contribution in [-0.4, -0.2) is 16.9 Å². The van der Waals surface area contributed by atoms with Gasteiger partial charge in [0, 0.05) is 11.1 Å². The minimum absolute atomic E-state index is 0.00134. The van der Waals surface area contributed by atoms with Crippen molar-refractivity contribution < 1.29 is 18.8 Å². The summed E-state index contributed by atoms with van der Waals surface area (Å²) in [5.74, 6) is -1.33. The molecule has 1 N–H and O–H groups in total. The van der Waals surface area contributed by atoms with Crippen LogP contribution in [0.3, 0.4) is 0 Å². The van der Waals surface area contributed by atoms with Gasteiger partial charge in [-0.3, -0.25) is 14.9 Å². The zero-order chi connectivity index (χ0) is 17.0. The van der Waals surface area contributed by atoms with Crippen molar-refractivity contribution in [3.8, 4) is 5.75 Å². The summed E-state index contributed by atoms with van der Waals surface area (Å²) in [5, 5.41) is 13.5. The van der Waals surface area contributed by atoms with Gasteiger partial charge in [0.15, 0.2) is 11.9 Å². The van der Waals surface area contributed by atoms with Gasteiger partial charge in [-0.25, -0.2) is 4.39 Å². The summed E-state index contributed by atoms with van der Waals surface area (Å²) in [5.41, 5.74) is -0.360. The Morgan fingerprint density at radius 1 is 1.35 bits per heavy atom. The number of nitrogens with one attached hydrogen (secondary N) is 1. The lowest BCUT2D eigenvalue weighted by Gasteiger charge is -2.15. The topological polar surface area (TPSA) is 81.5 Å². The number of halogens is 2. The number of para-hydroxylation sites is 1. The van der Waals surface area contributed by atoms with Crippen molar-refractivity contribution in [1.29, 1.82) is 0 Å². The van der Waals surface area contributed by atoms with Crippen LogP contribution in [0.25, 0.3) is 0 Å². The minimum atomic E-state index is -1.07. The highest BCUT2D eigenvalue weighted by atomic mass is 35.5. The summed E-state index contributed by atoms with van der Waals surface area (Å²) in [6.07, 6.45) is -1.07. The smallest absolute Gasteiger partial charge is 0.312 e. The molecule has 23 heavy (non-hydrogen) atoms. The average Bonchev–Trinajstić information content (AvgIpc) is 2.51. The van der Waals surface area contributed by atoms with Crippen molar-refractivity contribution in [3.63, 3.8) is 0 Å². The Labute approximate surface area is 136 Å². The van der Waals surface area contributed by atoms with Gasteiger partial charge in [-0.15, -0.1) is 0 Å². The lowest BCUT2D eigenvalue weighted by atomic mass is 10.2. The second-order valence-corrected chi connectivity index (χ2v) is 5.03. The molecule has 0 saturated heterocycles. The summed E-state index contributed by atoms with van der Waals surface area (Å²) >= 11 is 5.70. The van der Waals surface area contributed by atoms with Gasteiger partial charge in [0.1, 0.15) is 5.82 Å². The number of hydrogen-bond donors (Lipinski definition) is 1. The second-order valence-electron chi connectivity index (χ2n) is 4.60. The zero-order valence-corrected chi connectivity index (χ0v) is 12.7. The summed E-state index contributed by atoms with van der Waals surface area (Å²) in [6.45, 7) is 1.40. The molecular weight excluding hydrogens is 327 g/mol. The van der Waals surface area contributed by atoms with E-state index in [-0.39, 0.29) is 22.1 Å². The fourth-order valence-corrected chi connectivity index (χ4v) is 1.94. The number of anilines is 1. The van der Waals surface area contributed by atoms with Crippen LogP contribution in [0.1, 0.15) is 6.92 Å². The van der Waals surface area contributed by atoms with E-state index in [0.29, 0.717) is 0 Å². The number of amides is 1. The standard InChI is InChI=1S/C15H12ClFN2O4/c1-9(15(20)18-12-5-3-2-4-11(12)17)23-14-7-6-10(16)8-13(14)19(21)22/h2-9H,1H3,(H,18,20)/t9-/m0/s1. The third kappa shape index (κ3) is 4.17. The molecule has 6 nitrogen and oxygen atoms in total. The summed E-state index contributed by atoms with van der Waals surface area (Å²) in [6, 6.07) is 9.48. The molecule has 0 fully saturated rings. The van der Waals surface area contributed by atoms with Crippen LogP contribution in [0.15, 0.2) is 42.5 Å². The van der Waals surface area contributed by atoms with E-state index >= 15 is 0 Å². The molecule has 0 bridgehead atoms. The highest BCUT2D eigenvalue weighted by Crippen LogP contribution is 2.30. The quantitative estimate of drug-likeness (QED) is 0.664. The van der Waals surface area contributed by atoms with Gasteiger partial charge in [0.05, 0.1) is 10.6 Å². The lowest BCUT2D eigenvalue weighted by Crippen LogP contribution is -2.30. The van der Waals surface area contributed by atoms with Crippen LogP contribution in [0, 0.1) is 15.9 Å². The molecule has 0 aliphatic rings. The molecule has 0 aromatic heterocycles. The van der Waals surface area contributed by atoms with Crippen LogP contribution in [-0.2, 0) is 4.79 Å². The maximum absolute atomic E-state index is 13.5. The third-order valence-electron chi connectivity index (χ3n) is 2.92. The van der Waals surface area contributed by atoms with E-state index < -0.39 is 22.8 Å². The van der Waals surface area contributed by atoms with Crippen molar-refractivity contribution in [3.05, 3.63) is 63.4 Å². The molecule has 2 rings (SSSR count). The molecule has 0 aliphatic heterocycles. The number of nitro groups is 1. The van der Waals surface area contributed by atoms with Crippen molar-refractivity contribution >= 4 is 28.9 Å². The fourth-order valence-electron chi connectivity index (χ4n) is 1.77. The number of rotatable bonds is 5. The molecule has 0 spiro atoms. The normalized spacial score (nSPS) is 11.6. The molecule has 0 heterocycles. The number of carbonyl (C=O) groups excluding carboxylic acids is 1. The molecule has 0 saturated carbocycles. The molecule has 1 atom stereocenters. The monoisotopic (exact) mass is 338 g/mol. The Morgan fingerprint density at radius 3 is 2.70 bits per heavy atom. The summed E-state index contributed by atoms with van der Waals surface area (Å²) in [4.78, 5) is 22.3. The molecule has 0 unspecified atom stereocenters. The maximum atomic E-state index is 13.5. The van der Waals surface area contributed by atoms with Gasteiger partial charge in [0.25, 0.3) is 5.91 Å². The van der Waals surface area contributed by atoms with Crippen molar-refractivity contribution in [2.45, 2.75) is 13.0 Å². The van der Waals surface area contributed by atoms with Crippen molar-refractivity contribution in [1.82, 2.24) is 0 Å². The fraction of sp³-hybridized carbons (Fsp3) is 0.133. The van der Waals surface area contributed by atoms with Crippen LogP contribution in [0.2, 0.25) is 5.02 Å². The number of nitrogens with zero attached hydrogens (tertiary/aromatic N) is 1. The van der Waals surface area contributed by atoms with Gasteiger partial charge in [-0.2, -0.15) is 0 Å². The van der Waals surface area contributed by atoms with Gasteiger partial charge < -0.3 is 10.1 Å². The number of ether oxygens (including phenoxy) is 1. The summed E-state index contributed by atoms with van der Waals surface area (Å²) in [7, 11) is 0. The molecule has 120 valence electrons. The second kappa shape index (κ2) is 7.06. The summed E-state index contributed by atoms with van der Waals surface area (Å²) < 4.78 is 18.8. The van der Waals surface area contributed by atoms with Crippen LogP contribution >= 0.6 is 11.6 Å². The zero-order valence-electron chi connectivity index (χ0n) is 12.0. The molecule has 2 aromatic carbocycles. The number of hydrogen-bond acceptors (Lipinski definition) is 4.